The summed E-state index contributed by atoms with van der Waals surface area (Å²) in [6.45, 7) is 16.4. The average molecular weight is 290 g/mol. The van der Waals surface area contributed by atoms with Crippen LogP contribution in [0.25, 0.3) is 0 Å². The Morgan fingerprint density at radius 1 is 1.24 bits per heavy atom. The molecule has 0 spiro atoms. The molecule has 1 aliphatic rings. The smallest absolute Gasteiger partial charge is 0.138 e. The van der Waals surface area contributed by atoms with Crippen molar-refractivity contribution in [1.29, 1.82) is 0 Å². The molecule has 2 heterocycles. The number of nitrogens with zero attached hydrogens (tertiary/aromatic N) is 3. The fraction of sp³-hybridized carbons (Fsp3) is 0.765. The maximum Gasteiger partial charge on any atom is 0.138 e. The zero-order valence-electron chi connectivity index (χ0n) is 14.4. The second-order valence-electron chi connectivity index (χ2n) is 7.40. The van der Waals surface area contributed by atoms with E-state index in [1.54, 1.807) is 0 Å². The fourth-order valence-electron chi connectivity index (χ4n) is 2.67. The molecule has 1 aromatic rings. The number of aromatic nitrogens is 2. The predicted molar refractivity (Wildman–Crippen MR) is 90.1 cm³/mol. The lowest BCUT2D eigenvalue weighted by atomic mass is 9.88. The summed E-state index contributed by atoms with van der Waals surface area (Å²) in [5, 5.41) is 3.34. The molecule has 0 amide bonds. The Hall–Kier alpha value is -1.32. The fourth-order valence-corrected chi connectivity index (χ4v) is 2.67. The summed E-state index contributed by atoms with van der Waals surface area (Å²) in [7, 11) is 0. The molecule has 2 unspecified atom stereocenters. The first-order chi connectivity index (χ1) is 9.81. The quantitative estimate of drug-likeness (QED) is 0.922. The zero-order valence-corrected chi connectivity index (χ0v) is 14.4. The predicted octanol–water partition coefficient (Wildman–Crippen LogP) is 3.69. The van der Waals surface area contributed by atoms with E-state index in [4.69, 9.17) is 4.98 Å². The monoisotopic (exact) mass is 290 g/mol. The molecule has 2 rings (SSSR count). The number of nitrogens with one attached hydrogen (secondary N) is 1. The lowest BCUT2D eigenvalue weighted by Crippen LogP contribution is -2.39. The van der Waals surface area contributed by atoms with Gasteiger partial charge in [0.25, 0.3) is 0 Å². The van der Waals surface area contributed by atoms with E-state index < -0.39 is 0 Å². The largest absolute Gasteiger partial charge is 0.370 e. The molecule has 1 fully saturated rings. The minimum Gasteiger partial charge on any atom is -0.370 e. The van der Waals surface area contributed by atoms with E-state index in [0.717, 1.165) is 48.9 Å². The molecule has 118 valence electrons. The van der Waals surface area contributed by atoms with Crippen LogP contribution in [0.5, 0.6) is 0 Å². The molecule has 0 aromatic carbocycles. The number of hydrogen-bond donors (Lipinski definition) is 1. The van der Waals surface area contributed by atoms with Gasteiger partial charge in [-0.15, -0.1) is 0 Å². The van der Waals surface area contributed by atoms with Crippen LogP contribution in [0.15, 0.2) is 6.07 Å². The average Bonchev–Trinajstić information content (AvgIpc) is 2.41. The summed E-state index contributed by atoms with van der Waals surface area (Å²) >= 11 is 0. The Balaban J connectivity index is 2.31. The van der Waals surface area contributed by atoms with E-state index in [1.807, 2.05) is 0 Å². The van der Waals surface area contributed by atoms with Crippen molar-refractivity contribution in [2.75, 3.05) is 29.9 Å². The molecule has 1 saturated heterocycles. The first kappa shape index (κ1) is 16.1. The third kappa shape index (κ3) is 3.86. The van der Waals surface area contributed by atoms with Gasteiger partial charge in [-0.05, 0) is 25.2 Å². The van der Waals surface area contributed by atoms with Gasteiger partial charge in [0.05, 0.1) is 0 Å². The molecule has 1 aliphatic heterocycles. The Morgan fingerprint density at radius 2 is 1.95 bits per heavy atom. The molecule has 1 aromatic heterocycles. The number of hydrogen-bond acceptors (Lipinski definition) is 4. The molecule has 0 saturated carbocycles. The summed E-state index contributed by atoms with van der Waals surface area (Å²) in [6.07, 6.45) is 1.24. The van der Waals surface area contributed by atoms with Gasteiger partial charge in [-0.2, -0.15) is 0 Å². The maximum atomic E-state index is 4.84. The lowest BCUT2D eigenvalue weighted by Gasteiger charge is -2.36. The Labute approximate surface area is 129 Å². The minimum atomic E-state index is -0.0329. The van der Waals surface area contributed by atoms with Gasteiger partial charge in [-0.1, -0.05) is 34.6 Å². The molecule has 0 aliphatic carbocycles. The van der Waals surface area contributed by atoms with Gasteiger partial charge in [-0.3, -0.25) is 0 Å². The highest BCUT2D eigenvalue weighted by Gasteiger charge is 2.26. The van der Waals surface area contributed by atoms with Gasteiger partial charge >= 0.3 is 0 Å². The van der Waals surface area contributed by atoms with Crippen molar-refractivity contribution in [3.8, 4) is 0 Å². The molecular formula is C17H30N4. The van der Waals surface area contributed by atoms with Gasteiger partial charge in [0.2, 0.25) is 0 Å². The van der Waals surface area contributed by atoms with Crippen molar-refractivity contribution in [2.24, 2.45) is 11.8 Å². The van der Waals surface area contributed by atoms with Crippen molar-refractivity contribution >= 4 is 11.6 Å². The normalized spacial score (nSPS) is 23.2. The number of rotatable bonds is 3. The second-order valence-corrected chi connectivity index (χ2v) is 7.40. The van der Waals surface area contributed by atoms with E-state index in [-0.39, 0.29) is 5.41 Å². The van der Waals surface area contributed by atoms with Crippen molar-refractivity contribution in [3.63, 3.8) is 0 Å². The van der Waals surface area contributed by atoms with E-state index >= 15 is 0 Å². The lowest BCUT2D eigenvalue weighted by molar-refractivity contribution is 0.322. The van der Waals surface area contributed by atoms with Gasteiger partial charge in [0.15, 0.2) is 0 Å². The van der Waals surface area contributed by atoms with Crippen LogP contribution in [0.1, 0.15) is 53.8 Å². The van der Waals surface area contributed by atoms with Crippen LogP contribution in [-0.2, 0) is 5.41 Å². The first-order valence-corrected chi connectivity index (χ1v) is 8.19. The molecule has 0 radical (unpaired) electrons. The number of piperidine rings is 1. The summed E-state index contributed by atoms with van der Waals surface area (Å²) in [4.78, 5) is 11.9. The third-order valence-corrected chi connectivity index (χ3v) is 4.40. The topological polar surface area (TPSA) is 41.0 Å². The Kier molecular flexibility index (Phi) is 4.74. The van der Waals surface area contributed by atoms with Crippen LogP contribution in [0.2, 0.25) is 0 Å². The van der Waals surface area contributed by atoms with Crippen molar-refractivity contribution < 1.29 is 0 Å². The highest BCUT2D eigenvalue weighted by Crippen LogP contribution is 2.29. The van der Waals surface area contributed by atoms with Gasteiger partial charge in [0, 0.05) is 31.1 Å². The first-order valence-electron chi connectivity index (χ1n) is 8.19. The van der Waals surface area contributed by atoms with Crippen molar-refractivity contribution in [1.82, 2.24) is 9.97 Å². The highest BCUT2D eigenvalue weighted by atomic mass is 15.2. The molecule has 2 atom stereocenters. The number of anilines is 2. The van der Waals surface area contributed by atoms with Gasteiger partial charge in [-0.25, -0.2) is 9.97 Å². The van der Waals surface area contributed by atoms with Crippen molar-refractivity contribution in [2.45, 2.75) is 53.4 Å². The summed E-state index contributed by atoms with van der Waals surface area (Å²) in [5.41, 5.74) is -0.0329. The SMILES string of the molecule is CCNc1cc(N2CCC(C)C(C)C2)nc(C(C)(C)C)n1. The third-order valence-electron chi connectivity index (χ3n) is 4.40. The summed E-state index contributed by atoms with van der Waals surface area (Å²) in [5.74, 6) is 4.46. The summed E-state index contributed by atoms with van der Waals surface area (Å²) < 4.78 is 0. The van der Waals surface area contributed by atoms with Crippen LogP contribution in [0, 0.1) is 11.8 Å². The van der Waals surface area contributed by atoms with Crippen LogP contribution in [-0.4, -0.2) is 29.6 Å². The second kappa shape index (κ2) is 6.20. The molecule has 21 heavy (non-hydrogen) atoms. The van der Waals surface area contributed by atoms with Crippen LogP contribution < -0.4 is 10.2 Å². The summed E-state index contributed by atoms with van der Waals surface area (Å²) in [6, 6.07) is 2.10. The van der Waals surface area contributed by atoms with Gasteiger partial charge in [0.1, 0.15) is 17.5 Å². The maximum absolute atomic E-state index is 4.84. The molecular weight excluding hydrogens is 260 g/mol. The van der Waals surface area contributed by atoms with E-state index in [2.05, 4.69) is 62.8 Å². The van der Waals surface area contributed by atoms with E-state index in [9.17, 15) is 0 Å². The Bertz CT molecular complexity index is 478. The molecule has 0 bridgehead atoms. The molecule has 4 heteroatoms. The zero-order chi connectivity index (χ0) is 15.6. The minimum absolute atomic E-state index is 0.0329. The van der Waals surface area contributed by atoms with E-state index in [1.165, 1.54) is 6.42 Å². The molecule has 1 N–H and O–H groups in total. The van der Waals surface area contributed by atoms with Gasteiger partial charge < -0.3 is 10.2 Å². The van der Waals surface area contributed by atoms with Crippen LogP contribution in [0.3, 0.4) is 0 Å². The van der Waals surface area contributed by atoms with E-state index in [0.29, 0.717) is 0 Å². The van der Waals surface area contributed by atoms with Crippen LogP contribution in [0.4, 0.5) is 11.6 Å². The van der Waals surface area contributed by atoms with Crippen molar-refractivity contribution in [3.05, 3.63) is 11.9 Å². The van der Waals surface area contributed by atoms with Crippen LogP contribution >= 0.6 is 0 Å². The molecule has 4 nitrogen and oxygen atoms in total. The Morgan fingerprint density at radius 3 is 2.52 bits per heavy atom. The highest BCUT2D eigenvalue weighted by molar-refractivity contribution is 5.50. The standard InChI is InChI=1S/C17H30N4/c1-7-18-14-10-15(20-16(19-14)17(4,5)6)21-9-8-12(2)13(3)11-21/h10,12-13H,7-9,11H2,1-6H3,(H,18,19,20).